The molecule has 0 bridgehead atoms. The predicted octanol–water partition coefficient (Wildman–Crippen LogP) is 3.17. The van der Waals surface area contributed by atoms with Gasteiger partial charge in [-0.2, -0.15) is 0 Å². The molecule has 0 radical (unpaired) electrons. The molecule has 1 aliphatic carbocycles. The van der Waals surface area contributed by atoms with Crippen LogP contribution >= 0.6 is 0 Å². The fourth-order valence-electron chi connectivity index (χ4n) is 3.26. The molecular weight excluding hydrogens is 236 g/mol. The molecule has 2 heteroatoms. The van der Waals surface area contributed by atoms with Crippen LogP contribution in [0.3, 0.4) is 0 Å². The van der Waals surface area contributed by atoms with Crippen LogP contribution in [0, 0.1) is 11.8 Å². The quantitative estimate of drug-likeness (QED) is 0.773. The maximum Gasteiger partial charge on any atom is 0.0596 e. The van der Waals surface area contributed by atoms with E-state index in [1.165, 1.54) is 18.4 Å². The van der Waals surface area contributed by atoms with Crippen LogP contribution in [0.2, 0.25) is 0 Å². The van der Waals surface area contributed by atoms with Gasteiger partial charge in [0.1, 0.15) is 0 Å². The summed E-state index contributed by atoms with van der Waals surface area (Å²) in [6.07, 6.45) is 5.75. The largest absolute Gasteiger partial charge is 0.393 e. The van der Waals surface area contributed by atoms with Crippen molar-refractivity contribution >= 4 is 0 Å². The minimum Gasteiger partial charge on any atom is -0.393 e. The lowest BCUT2D eigenvalue weighted by atomic mass is 9.90. The van der Waals surface area contributed by atoms with E-state index >= 15 is 0 Å². The van der Waals surface area contributed by atoms with Gasteiger partial charge < -0.3 is 10.2 Å². The van der Waals surface area contributed by atoms with Crippen LogP contribution in [0.1, 0.15) is 44.6 Å². The first-order chi connectivity index (χ1) is 9.18. The highest BCUT2D eigenvalue weighted by molar-refractivity contribution is 5.14. The zero-order valence-electron chi connectivity index (χ0n) is 11.8. The first kappa shape index (κ1) is 14.5. The standard InChI is InChI=1S/C17H26O2/c1-13-15(17(19)12-16(13)18)11-7-3-6-10-14-8-4-2-5-9-14/h2,4-5,8-9,13,15-19H,3,6-7,10-12H2,1H3/t13-,15-,16+,17-/m1/s1. The fourth-order valence-corrected chi connectivity index (χ4v) is 3.26. The monoisotopic (exact) mass is 262 g/mol. The molecule has 1 fully saturated rings. The molecule has 0 unspecified atom stereocenters. The number of aliphatic hydroxyl groups excluding tert-OH is 2. The third-order valence-electron chi connectivity index (χ3n) is 4.61. The van der Waals surface area contributed by atoms with E-state index in [0.717, 1.165) is 19.3 Å². The lowest BCUT2D eigenvalue weighted by molar-refractivity contribution is 0.113. The van der Waals surface area contributed by atoms with E-state index in [9.17, 15) is 10.2 Å². The van der Waals surface area contributed by atoms with Gasteiger partial charge in [0.15, 0.2) is 0 Å². The highest BCUT2D eigenvalue weighted by Gasteiger charge is 2.37. The van der Waals surface area contributed by atoms with Gasteiger partial charge in [0.25, 0.3) is 0 Å². The van der Waals surface area contributed by atoms with E-state index in [1.807, 2.05) is 0 Å². The van der Waals surface area contributed by atoms with Gasteiger partial charge in [-0.1, -0.05) is 50.1 Å². The number of benzene rings is 1. The van der Waals surface area contributed by atoms with Gasteiger partial charge in [-0.3, -0.25) is 0 Å². The molecule has 1 aliphatic rings. The lowest BCUT2D eigenvalue weighted by Crippen LogP contribution is -2.19. The van der Waals surface area contributed by atoms with E-state index < -0.39 is 0 Å². The first-order valence-electron chi connectivity index (χ1n) is 7.58. The lowest BCUT2D eigenvalue weighted by Gasteiger charge is -2.19. The Hall–Kier alpha value is -0.860. The van der Waals surface area contributed by atoms with E-state index in [0.29, 0.717) is 12.3 Å². The molecule has 0 aliphatic heterocycles. The minimum atomic E-state index is -0.302. The molecule has 2 N–H and O–H groups in total. The Morgan fingerprint density at radius 3 is 2.37 bits per heavy atom. The van der Waals surface area contributed by atoms with Crippen molar-refractivity contribution in [1.29, 1.82) is 0 Å². The van der Waals surface area contributed by atoms with Gasteiger partial charge in [0.2, 0.25) is 0 Å². The molecule has 0 saturated heterocycles. The second kappa shape index (κ2) is 7.06. The third-order valence-corrected chi connectivity index (χ3v) is 4.61. The molecule has 1 aromatic carbocycles. The SMILES string of the molecule is C[C@@H]1[C@@H](CCCCCc2ccccc2)[C@H](O)C[C@@H]1O. The Bertz CT molecular complexity index is 363. The third kappa shape index (κ3) is 4.05. The number of unbranched alkanes of at least 4 members (excludes halogenated alkanes) is 2. The normalized spacial score (nSPS) is 30.7. The summed E-state index contributed by atoms with van der Waals surface area (Å²) in [4.78, 5) is 0. The van der Waals surface area contributed by atoms with Gasteiger partial charge in [-0.05, 0) is 43.1 Å². The molecule has 2 nitrogen and oxygen atoms in total. The van der Waals surface area contributed by atoms with Crippen molar-refractivity contribution in [2.75, 3.05) is 0 Å². The Balaban J connectivity index is 1.62. The van der Waals surface area contributed by atoms with Crippen molar-refractivity contribution in [1.82, 2.24) is 0 Å². The number of rotatable bonds is 6. The average Bonchev–Trinajstić information content (AvgIpc) is 2.65. The molecule has 4 atom stereocenters. The van der Waals surface area contributed by atoms with Gasteiger partial charge in [-0.25, -0.2) is 0 Å². The Morgan fingerprint density at radius 2 is 1.74 bits per heavy atom. The molecule has 1 saturated carbocycles. The number of hydrogen-bond acceptors (Lipinski definition) is 2. The van der Waals surface area contributed by atoms with E-state index in [1.54, 1.807) is 0 Å². The topological polar surface area (TPSA) is 40.5 Å². The minimum absolute atomic E-state index is 0.254. The second-order valence-corrected chi connectivity index (χ2v) is 5.98. The maximum absolute atomic E-state index is 9.90. The Kier molecular flexibility index (Phi) is 5.41. The zero-order chi connectivity index (χ0) is 13.7. The van der Waals surface area contributed by atoms with E-state index in [4.69, 9.17) is 0 Å². The molecular formula is C17H26O2. The van der Waals surface area contributed by atoms with Crippen molar-refractivity contribution in [3.05, 3.63) is 35.9 Å². The molecule has 0 spiro atoms. The van der Waals surface area contributed by atoms with Crippen LogP contribution in [0.4, 0.5) is 0 Å². The summed E-state index contributed by atoms with van der Waals surface area (Å²) in [7, 11) is 0. The summed E-state index contributed by atoms with van der Waals surface area (Å²) in [6, 6.07) is 10.6. The van der Waals surface area contributed by atoms with Crippen molar-refractivity contribution < 1.29 is 10.2 Å². The van der Waals surface area contributed by atoms with Crippen molar-refractivity contribution in [3.63, 3.8) is 0 Å². The molecule has 0 amide bonds. The Morgan fingerprint density at radius 1 is 1.00 bits per heavy atom. The summed E-state index contributed by atoms with van der Waals surface area (Å²) >= 11 is 0. The maximum atomic E-state index is 9.90. The number of aryl methyl sites for hydroxylation is 1. The van der Waals surface area contributed by atoms with Crippen LogP contribution in [-0.2, 0) is 6.42 Å². The zero-order valence-corrected chi connectivity index (χ0v) is 11.8. The van der Waals surface area contributed by atoms with Crippen LogP contribution in [-0.4, -0.2) is 22.4 Å². The number of aliphatic hydroxyl groups is 2. The summed E-state index contributed by atoms with van der Waals surface area (Å²) in [6.45, 7) is 2.07. The van der Waals surface area contributed by atoms with Crippen LogP contribution in [0.5, 0.6) is 0 Å². The fraction of sp³-hybridized carbons (Fsp3) is 0.647. The molecule has 1 aromatic rings. The predicted molar refractivity (Wildman–Crippen MR) is 77.9 cm³/mol. The van der Waals surface area contributed by atoms with Gasteiger partial charge in [0, 0.05) is 0 Å². The molecule has 0 aromatic heterocycles. The van der Waals surface area contributed by atoms with Crippen molar-refractivity contribution in [3.8, 4) is 0 Å². The Labute approximate surface area is 116 Å². The van der Waals surface area contributed by atoms with Crippen LogP contribution < -0.4 is 0 Å². The molecule has 106 valence electrons. The smallest absolute Gasteiger partial charge is 0.0596 e. The molecule has 19 heavy (non-hydrogen) atoms. The van der Waals surface area contributed by atoms with E-state index in [2.05, 4.69) is 37.3 Å². The van der Waals surface area contributed by atoms with Crippen LogP contribution in [0.15, 0.2) is 30.3 Å². The summed E-state index contributed by atoms with van der Waals surface area (Å²) in [5, 5.41) is 19.6. The summed E-state index contributed by atoms with van der Waals surface area (Å²) < 4.78 is 0. The number of hydrogen-bond donors (Lipinski definition) is 2. The second-order valence-electron chi connectivity index (χ2n) is 5.98. The first-order valence-corrected chi connectivity index (χ1v) is 7.58. The molecule has 0 heterocycles. The van der Waals surface area contributed by atoms with Gasteiger partial charge >= 0.3 is 0 Å². The van der Waals surface area contributed by atoms with Crippen LogP contribution in [0.25, 0.3) is 0 Å². The van der Waals surface area contributed by atoms with Crippen molar-refractivity contribution in [2.45, 2.75) is 57.7 Å². The van der Waals surface area contributed by atoms with Gasteiger partial charge in [-0.15, -0.1) is 0 Å². The van der Waals surface area contributed by atoms with E-state index in [-0.39, 0.29) is 18.1 Å². The highest BCUT2D eigenvalue weighted by Crippen LogP contribution is 2.35. The molecule has 2 rings (SSSR count). The summed E-state index contributed by atoms with van der Waals surface area (Å²) in [5.74, 6) is 0.552. The van der Waals surface area contributed by atoms with Crippen molar-refractivity contribution in [2.24, 2.45) is 11.8 Å². The highest BCUT2D eigenvalue weighted by atomic mass is 16.3. The average molecular weight is 262 g/mol. The summed E-state index contributed by atoms with van der Waals surface area (Å²) in [5.41, 5.74) is 1.41. The van der Waals surface area contributed by atoms with Gasteiger partial charge in [0.05, 0.1) is 12.2 Å².